The van der Waals surface area contributed by atoms with Gasteiger partial charge in [-0.1, -0.05) is 48.0 Å². The first kappa shape index (κ1) is 16.9. The van der Waals surface area contributed by atoms with Gasteiger partial charge in [0.25, 0.3) is 5.91 Å². The maximum Gasteiger partial charge on any atom is 0.270 e. The van der Waals surface area contributed by atoms with Crippen molar-refractivity contribution in [1.82, 2.24) is 15.3 Å². The van der Waals surface area contributed by atoms with Gasteiger partial charge >= 0.3 is 0 Å². The van der Waals surface area contributed by atoms with E-state index < -0.39 is 0 Å². The van der Waals surface area contributed by atoms with Crippen LogP contribution in [0.15, 0.2) is 60.9 Å². The fraction of sp³-hybridized carbons (Fsp3) is 0.105. The van der Waals surface area contributed by atoms with Gasteiger partial charge in [0.2, 0.25) is 0 Å². The molecule has 2 N–H and O–H groups in total. The molecule has 0 aliphatic carbocycles. The molecule has 0 radical (unpaired) electrons. The molecule has 0 bridgehead atoms. The number of amides is 1. The number of para-hydroxylation sites is 1. The van der Waals surface area contributed by atoms with Gasteiger partial charge in [0.1, 0.15) is 17.8 Å². The van der Waals surface area contributed by atoms with Crippen LogP contribution in [0, 0.1) is 6.92 Å². The van der Waals surface area contributed by atoms with Gasteiger partial charge in [0.15, 0.2) is 0 Å². The van der Waals surface area contributed by atoms with Crippen molar-refractivity contribution in [2.24, 2.45) is 0 Å². The number of halogens is 1. The molecule has 0 spiro atoms. The van der Waals surface area contributed by atoms with Crippen LogP contribution in [0.1, 0.15) is 21.6 Å². The zero-order valence-corrected chi connectivity index (χ0v) is 14.4. The second kappa shape index (κ2) is 7.77. The predicted octanol–water partition coefficient (Wildman–Crippen LogP) is 4.11. The molecule has 6 heteroatoms. The Morgan fingerprint density at radius 3 is 2.64 bits per heavy atom. The monoisotopic (exact) mass is 352 g/mol. The lowest BCUT2D eigenvalue weighted by atomic mass is 10.1. The van der Waals surface area contributed by atoms with E-state index in [1.165, 1.54) is 6.33 Å². The smallest absolute Gasteiger partial charge is 0.270 e. The number of rotatable bonds is 5. The van der Waals surface area contributed by atoms with Crippen molar-refractivity contribution in [3.05, 3.63) is 82.8 Å². The van der Waals surface area contributed by atoms with Crippen molar-refractivity contribution in [3.8, 4) is 0 Å². The number of aryl methyl sites for hydroxylation is 1. The fourth-order valence-electron chi connectivity index (χ4n) is 2.32. The quantitative estimate of drug-likeness (QED) is 0.725. The molecule has 1 heterocycles. The zero-order chi connectivity index (χ0) is 17.6. The normalized spacial score (nSPS) is 10.3. The largest absolute Gasteiger partial charge is 0.347 e. The molecule has 1 aromatic heterocycles. The van der Waals surface area contributed by atoms with Crippen LogP contribution in [-0.4, -0.2) is 15.9 Å². The summed E-state index contributed by atoms with van der Waals surface area (Å²) in [4.78, 5) is 20.5. The van der Waals surface area contributed by atoms with E-state index in [9.17, 15) is 4.79 Å². The minimum absolute atomic E-state index is 0.257. The molecule has 1 amide bonds. The molecule has 0 unspecified atom stereocenters. The molecule has 0 saturated heterocycles. The molecule has 3 rings (SSSR count). The first-order valence-corrected chi connectivity index (χ1v) is 8.17. The third kappa shape index (κ3) is 4.33. The van der Waals surface area contributed by atoms with Crippen molar-refractivity contribution in [1.29, 1.82) is 0 Å². The average molecular weight is 353 g/mol. The lowest BCUT2D eigenvalue weighted by molar-refractivity contribution is 0.0945. The van der Waals surface area contributed by atoms with Crippen LogP contribution >= 0.6 is 11.6 Å². The van der Waals surface area contributed by atoms with Gasteiger partial charge in [0.05, 0.1) is 10.7 Å². The Bertz CT molecular complexity index is 898. The lowest BCUT2D eigenvalue weighted by Crippen LogP contribution is -2.24. The molecule has 2 aromatic carbocycles. The summed E-state index contributed by atoms with van der Waals surface area (Å²) in [6.45, 7) is 2.46. The summed E-state index contributed by atoms with van der Waals surface area (Å²) < 4.78 is 0. The van der Waals surface area contributed by atoms with Crippen molar-refractivity contribution < 1.29 is 4.79 Å². The van der Waals surface area contributed by atoms with Crippen molar-refractivity contribution in [3.63, 3.8) is 0 Å². The summed E-state index contributed by atoms with van der Waals surface area (Å²) in [5, 5.41) is 6.54. The van der Waals surface area contributed by atoms with E-state index in [4.69, 9.17) is 11.6 Å². The van der Waals surface area contributed by atoms with E-state index in [1.54, 1.807) is 12.1 Å². The molecular formula is C19H17ClN4O. The summed E-state index contributed by atoms with van der Waals surface area (Å²) in [7, 11) is 0. The van der Waals surface area contributed by atoms with Gasteiger partial charge in [-0.2, -0.15) is 0 Å². The molecule has 0 aliphatic rings. The maximum atomic E-state index is 12.3. The Morgan fingerprint density at radius 2 is 1.84 bits per heavy atom. The summed E-state index contributed by atoms with van der Waals surface area (Å²) in [5.74, 6) is 0.247. The molecule has 0 aliphatic heterocycles. The highest BCUT2D eigenvalue weighted by Crippen LogP contribution is 2.23. The molecule has 126 valence electrons. The minimum atomic E-state index is -0.257. The number of carbonyl (C=O) groups is 1. The highest BCUT2D eigenvalue weighted by Gasteiger charge is 2.10. The second-order valence-electron chi connectivity index (χ2n) is 5.50. The van der Waals surface area contributed by atoms with Crippen LogP contribution in [0.25, 0.3) is 0 Å². The topological polar surface area (TPSA) is 66.9 Å². The first-order chi connectivity index (χ1) is 12.1. The van der Waals surface area contributed by atoms with Gasteiger partial charge in [0, 0.05) is 12.6 Å². The van der Waals surface area contributed by atoms with Crippen LogP contribution in [0.3, 0.4) is 0 Å². The van der Waals surface area contributed by atoms with E-state index in [-0.39, 0.29) is 11.6 Å². The van der Waals surface area contributed by atoms with Crippen molar-refractivity contribution in [2.45, 2.75) is 13.5 Å². The van der Waals surface area contributed by atoms with Crippen LogP contribution in [0.5, 0.6) is 0 Å². The van der Waals surface area contributed by atoms with Crippen LogP contribution in [-0.2, 0) is 6.54 Å². The third-order valence-electron chi connectivity index (χ3n) is 3.74. The number of anilines is 2. The van der Waals surface area contributed by atoms with Crippen LogP contribution < -0.4 is 10.6 Å². The zero-order valence-electron chi connectivity index (χ0n) is 13.7. The second-order valence-corrected chi connectivity index (χ2v) is 5.91. The number of aromatic nitrogens is 2. The summed E-state index contributed by atoms with van der Waals surface area (Å²) in [6, 6.07) is 16.8. The fourth-order valence-corrected chi connectivity index (χ4v) is 2.51. The van der Waals surface area contributed by atoms with Gasteiger partial charge in [-0.25, -0.2) is 9.97 Å². The Hall–Kier alpha value is -2.92. The standard InChI is InChI=1S/C19H17ClN4O/c1-13-6-2-3-7-14(13)11-21-19(25)17-10-18(23-12-22-17)24-16-9-5-4-8-15(16)20/h2-10,12H,11H2,1H3,(H,21,25)(H,22,23,24). The maximum absolute atomic E-state index is 12.3. The van der Waals surface area contributed by atoms with E-state index >= 15 is 0 Å². The third-order valence-corrected chi connectivity index (χ3v) is 4.07. The summed E-state index contributed by atoms with van der Waals surface area (Å²) >= 11 is 6.12. The number of benzene rings is 2. The predicted molar refractivity (Wildman–Crippen MR) is 99.1 cm³/mol. The van der Waals surface area contributed by atoms with Crippen molar-refractivity contribution in [2.75, 3.05) is 5.32 Å². The Morgan fingerprint density at radius 1 is 1.08 bits per heavy atom. The number of hydrogen-bond donors (Lipinski definition) is 2. The molecule has 25 heavy (non-hydrogen) atoms. The van der Waals surface area contributed by atoms with Gasteiger partial charge < -0.3 is 10.6 Å². The highest BCUT2D eigenvalue weighted by atomic mass is 35.5. The van der Waals surface area contributed by atoms with Crippen LogP contribution in [0.2, 0.25) is 5.02 Å². The minimum Gasteiger partial charge on any atom is -0.347 e. The summed E-state index contributed by atoms with van der Waals surface area (Å²) in [6.07, 6.45) is 1.35. The SMILES string of the molecule is Cc1ccccc1CNC(=O)c1cc(Nc2ccccc2Cl)ncn1. The van der Waals surface area contributed by atoms with E-state index in [0.717, 1.165) is 11.1 Å². The molecule has 3 aromatic rings. The Kier molecular flexibility index (Phi) is 5.26. The first-order valence-electron chi connectivity index (χ1n) is 7.80. The summed E-state index contributed by atoms with van der Waals surface area (Å²) in [5.41, 5.74) is 3.21. The lowest BCUT2D eigenvalue weighted by Gasteiger charge is -2.09. The number of nitrogens with one attached hydrogen (secondary N) is 2. The van der Waals surface area contributed by atoms with E-state index in [2.05, 4.69) is 20.6 Å². The van der Waals surface area contributed by atoms with Gasteiger partial charge in [-0.05, 0) is 30.2 Å². The molecule has 0 fully saturated rings. The number of nitrogens with zero attached hydrogens (tertiary/aromatic N) is 2. The van der Waals surface area contributed by atoms with E-state index in [1.807, 2.05) is 49.4 Å². The molecular weight excluding hydrogens is 336 g/mol. The van der Waals surface area contributed by atoms with Crippen LogP contribution in [0.4, 0.5) is 11.5 Å². The Labute approximate surface area is 151 Å². The average Bonchev–Trinajstić information content (AvgIpc) is 2.63. The molecule has 0 atom stereocenters. The van der Waals surface area contributed by atoms with E-state index in [0.29, 0.717) is 23.1 Å². The Balaban J connectivity index is 1.69. The number of hydrogen-bond acceptors (Lipinski definition) is 4. The highest BCUT2D eigenvalue weighted by molar-refractivity contribution is 6.33. The van der Waals surface area contributed by atoms with Gasteiger partial charge in [-0.3, -0.25) is 4.79 Å². The van der Waals surface area contributed by atoms with Crippen molar-refractivity contribution >= 4 is 29.0 Å². The van der Waals surface area contributed by atoms with Gasteiger partial charge in [-0.15, -0.1) is 0 Å². The molecule has 0 saturated carbocycles. The molecule has 5 nitrogen and oxygen atoms in total. The number of carbonyl (C=O) groups excluding carboxylic acids is 1.